The Hall–Kier alpha value is -2.30. The number of hydrogen-bond donors (Lipinski definition) is 2. The van der Waals surface area contributed by atoms with Crippen LogP contribution in [0.4, 0.5) is 0 Å². The van der Waals surface area contributed by atoms with Crippen molar-refractivity contribution in [2.45, 2.75) is 13.2 Å². The second-order valence-corrected chi connectivity index (χ2v) is 4.37. The van der Waals surface area contributed by atoms with Gasteiger partial charge in [0.2, 0.25) is 11.6 Å². The van der Waals surface area contributed by atoms with Crippen molar-refractivity contribution in [3.05, 3.63) is 70.8 Å². The van der Waals surface area contributed by atoms with E-state index >= 15 is 0 Å². The Bertz CT molecular complexity index is 554. The van der Waals surface area contributed by atoms with Crippen LogP contribution in [0, 0.1) is 0 Å². The lowest BCUT2D eigenvalue weighted by molar-refractivity contribution is 0.0817. The average Bonchev–Trinajstić information content (AvgIpc) is 2.53. The third kappa shape index (κ3) is 2.99. The van der Waals surface area contributed by atoms with Crippen LogP contribution in [0.2, 0.25) is 0 Å². The molecule has 0 atom stereocenters. The van der Waals surface area contributed by atoms with E-state index in [1.54, 1.807) is 24.3 Å². The second-order valence-electron chi connectivity index (χ2n) is 4.37. The van der Waals surface area contributed by atoms with Crippen molar-refractivity contribution < 1.29 is 19.8 Å². The molecule has 2 aromatic carbocycles. The summed E-state index contributed by atoms with van der Waals surface area (Å²) in [5, 5.41) is 17.9. The molecular weight excluding hydrogens is 256 g/mol. The first-order valence-corrected chi connectivity index (χ1v) is 6.14. The number of ketones is 2. The molecule has 2 N–H and O–H groups in total. The first-order valence-electron chi connectivity index (χ1n) is 6.14. The van der Waals surface area contributed by atoms with Crippen molar-refractivity contribution in [3.63, 3.8) is 0 Å². The van der Waals surface area contributed by atoms with E-state index in [0.717, 1.165) is 0 Å². The monoisotopic (exact) mass is 270 g/mol. The standard InChI is InChI=1S/C16H14O4/c17-9-11-1-5-13(6-2-11)15(19)16(20)14-7-3-12(10-18)4-8-14/h1-8,17-18H,9-10H2. The lowest BCUT2D eigenvalue weighted by Gasteiger charge is -2.03. The van der Waals surface area contributed by atoms with Crippen molar-refractivity contribution in [1.82, 2.24) is 0 Å². The van der Waals surface area contributed by atoms with E-state index in [1.807, 2.05) is 0 Å². The van der Waals surface area contributed by atoms with Crippen molar-refractivity contribution in [2.75, 3.05) is 0 Å². The summed E-state index contributed by atoms with van der Waals surface area (Å²) in [6.07, 6.45) is 0. The fourth-order valence-corrected chi connectivity index (χ4v) is 1.79. The summed E-state index contributed by atoms with van der Waals surface area (Å²) in [6.45, 7) is -0.212. The van der Waals surface area contributed by atoms with Gasteiger partial charge in [-0.3, -0.25) is 9.59 Å². The lowest BCUT2D eigenvalue weighted by atomic mass is 10.00. The average molecular weight is 270 g/mol. The van der Waals surface area contributed by atoms with Gasteiger partial charge in [0.25, 0.3) is 0 Å². The van der Waals surface area contributed by atoms with Crippen LogP contribution in [0.15, 0.2) is 48.5 Å². The fourth-order valence-electron chi connectivity index (χ4n) is 1.79. The summed E-state index contributed by atoms with van der Waals surface area (Å²) in [5.41, 5.74) is 1.94. The maximum atomic E-state index is 12.0. The zero-order valence-electron chi connectivity index (χ0n) is 10.7. The number of carbonyl (C=O) groups is 2. The minimum atomic E-state index is -0.591. The van der Waals surface area contributed by atoms with Gasteiger partial charge in [-0.05, 0) is 11.1 Å². The van der Waals surface area contributed by atoms with E-state index in [-0.39, 0.29) is 13.2 Å². The Kier molecular flexibility index (Phi) is 4.40. The second kappa shape index (κ2) is 6.23. The molecule has 4 nitrogen and oxygen atoms in total. The van der Waals surface area contributed by atoms with E-state index in [1.165, 1.54) is 24.3 Å². The van der Waals surface area contributed by atoms with Crippen molar-refractivity contribution in [3.8, 4) is 0 Å². The molecule has 0 aliphatic rings. The zero-order chi connectivity index (χ0) is 14.5. The fraction of sp³-hybridized carbons (Fsp3) is 0.125. The third-order valence-electron chi connectivity index (χ3n) is 3.00. The molecule has 102 valence electrons. The summed E-state index contributed by atoms with van der Waals surface area (Å²) >= 11 is 0. The van der Waals surface area contributed by atoms with Crippen molar-refractivity contribution in [1.29, 1.82) is 0 Å². The molecule has 0 bridgehead atoms. The van der Waals surface area contributed by atoms with Gasteiger partial charge in [0.1, 0.15) is 0 Å². The van der Waals surface area contributed by atoms with Gasteiger partial charge in [0.15, 0.2) is 0 Å². The Labute approximate surface area is 116 Å². The SMILES string of the molecule is O=C(C(=O)c1ccc(CO)cc1)c1ccc(CO)cc1. The molecule has 0 unspecified atom stereocenters. The van der Waals surface area contributed by atoms with Crippen LogP contribution < -0.4 is 0 Å². The third-order valence-corrected chi connectivity index (χ3v) is 3.00. The number of hydrogen-bond acceptors (Lipinski definition) is 4. The van der Waals surface area contributed by atoms with Gasteiger partial charge in [0.05, 0.1) is 13.2 Å². The molecule has 0 amide bonds. The Morgan fingerprint density at radius 2 is 0.950 bits per heavy atom. The number of aliphatic hydroxyl groups is 2. The Balaban J connectivity index is 2.20. The van der Waals surface area contributed by atoms with E-state index < -0.39 is 11.6 Å². The number of Topliss-reactive ketones (excluding diaryl/α,β-unsaturated/α-hetero) is 2. The molecule has 0 spiro atoms. The van der Waals surface area contributed by atoms with Crippen LogP contribution in [0.3, 0.4) is 0 Å². The topological polar surface area (TPSA) is 74.6 Å². The molecule has 2 aromatic rings. The zero-order valence-corrected chi connectivity index (χ0v) is 10.7. The largest absolute Gasteiger partial charge is 0.392 e. The molecule has 0 aliphatic heterocycles. The summed E-state index contributed by atoms with van der Waals surface area (Å²) < 4.78 is 0. The van der Waals surface area contributed by atoms with Gasteiger partial charge in [-0.2, -0.15) is 0 Å². The van der Waals surface area contributed by atoms with E-state index in [0.29, 0.717) is 22.3 Å². The molecule has 4 heteroatoms. The molecule has 0 aromatic heterocycles. The molecule has 0 aliphatic carbocycles. The van der Waals surface area contributed by atoms with E-state index in [9.17, 15) is 9.59 Å². The molecule has 0 heterocycles. The minimum Gasteiger partial charge on any atom is -0.392 e. The van der Waals surface area contributed by atoms with Gasteiger partial charge >= 0.3 is 0 Å². The van der Waals surface area contributed by atoms with Crippen molar-refractivity contribution in [2.24, 2.45) is 0 Å². The highest BCUT2D eigenvalue weighted by atomic mass is 16.3. The highest BCUT2D eigenvalue weighted by molar-refractivity contribution is 6.49. The molecule has 0 radical (unpaired) electrons. The summed E-state index contributed by atoms with van der Waals surface area (Å²) in [4.78, 5) is 24.1. The number of carbonyl (C=O) groups excluding carboxylic acids is 2. The minimum absolute atomic E-state index is 0.106. The van der Waals surface area contributed by atoms with Gasteiger partial charge in [-0.15, -0.1) is 0 Å². The normalized spacial score (nSPS) is 10.3. The molecule has 2 rings (SSSR count). The molecule has 0 saturated heterocycles. The van der Waals surface area contributed by atoms with Crippen LogP contribution in [-0.4, -0.2) is 21.8 Å². The van der Waals surface area contributed by atoms with Gasteiger partial charge in [-0.25, -0.2) is 0 Å². The summed E-state index contributed by atoms with van der Waals surface area (Å²) in [6, 6.07) is 12.5. The Morgan fingerprint density at radius 1 is 0.650 bits per heavy atom. The van der Waals surface area contributed by atoms with Crippen LogP contribution in [-0.2, 0) is 13.2 Å². The van der Waals surface area contributed by atoms with Crippen molar-refractivity contribution >= 4 is 11.6 Å². The number of rotatable bonds is 5. The van der Waals surface area contributed by atoms with Gasteiger partial charge in [0, 0.05) is 11.1 Å². The number of benzene rings is 2. The summed E-state index contributed by atoms with van der Waals surface area (Å²) in [5.74, 6) is -1.18. The van der Waals surface area contributed by atoms with Crippen LogP contribution in [0.25, 0.3) is 0 Å². The van der Waals surface area contributed by atoms with Crippen LogP contribution in [0.1, 0.15) is 31.8 Å². The summed E-state index contributed by atoms with van der Waals surface area (Å²) in [7, 11) is 0. The molecule has 20 heavy (non-hydrogen) atoms. The Morgan fingerprint density at radius 3 is 1.20 bits per heavy atom. The number of aliphatic hydroxyl groups excluding tert-OH is 2. The molecule has 0 saturated carbocycles. The molecular formula is C16H14O4. The van der Waals surface area contributed by atoms with Gasteiger partial charge in [-0.1, -0.05) is 48.5 Å². The predicted molar refractivity (Wildman–Crippen MR) is 73.4 cm³/mol. The smallest absolute Gasteiger partial charge is 0.233 e. The first kappa shape index (κ1) is 14.1. The van der Waals surface area contributed by atoms with E-state index in [2.05, 4.69) is 0 Å². The first-order chi connectivity index (χ1) is 9.65. The molecule has 0 fully saturated rings. The highest BCUT2D eigenvalue weighted by Crippen LogP contribution is 2.11. The maximum absolute atomic E-state index is 12.0. The highest BCUT2D eigenvalue weighted by Gasteiger charge is 2.17. The maximum Gasteiger partial charge on any atom is 0.233 e. The van der Waals surface area contributed by atoms with Gasteiger partial charge < -0.3 is 10.2 Å². The lowest BCUT2D eigenvalue weighted by Crippen LogP contribution is -2.14. The van der Waals surface area contributed by atoms with Crippen LogP contribution in [0.5, 0.6) is 0 Å². The predicted octanol–water partition coefficient (Wildman–Crippen LogP) is 1.74. The van der Waals surface area contributed by atoms with E-state index in [4.69, 9.17) is 10.2 Å². The quantitative estimate of drug-likeness (QED) is 0.641. The van der Waals surface area contributed by atoms with Crippen LogP contribution >= 0.6 is 0 Å².